The van der Waals surface area contributed by atoms with Crippen LogP contribution in [-0.2, 0) is 6.54 Å². The number of carbonyl (C=O) groups is 1. The molecule has 9 heteroatoms. The Labute approximate surface area is 181 Å². The fourth-order valence-electron chi connectivity index (χ4n) is 3.69. The number of carbonyl (C=O) groups excluding carboxylic acids is 1. The number of imidazole rings is 1. The molecule has 31 heavy (non-hydrogen) atoms. The normalized spacial score (nSPS) is 13.9. The summed E-state index contributed by atoms with van der Waals surface area (Å²) in [6.45, 7) is 1.17. The minimum Gasteiger partial charge on any atom is -0.454 e. The minimum atomic E-state index is -0.270. The smallest absolute Gasteiger partial charge is 0.273 e. The van der Waals surface area contributed by atoms with Gasteiger partial charge in [0.25, 0.3) is 5.91 Å². The van der Waals surface area contributed by atoms with Crippen LogP contribution in [0.2, 0.25) is 0 Å². The van der Waals surface area contributed by atoms with E-state index in [1.807, 2.05) is 48.7 Å². The molecule has 1 amide bonds. The van der Waals surface area contributed by atoms with Crippen LogP contribution >= 0.6 is 11.8 Å². The molecule has 4 aromatic rings. The van der Waals surface area contributed by atoms with Crippen LogP contribution in [0.15, 0.2) is 59.9 Å². The number of ether oxygens (including phenoxy) is 2. The summed E-state index contributed by atoms with van der Waals surface area (Å²) in [4.78, 5) is 17.6. The molecule has 2 aromatic heterocycles. The van der Waals surface area contributed by atoms with E-state index in [4.69, 9.17) is 14.5 Å². The number of hydrogen-bond donors (Lipinski definition) is 2. The second-order valence-electron chi connectivity index (χ2n) is 7.19. The Bertz CT molecular complexity index is 1290. The lowest BCUT2D eigenvalue weighted by molar-refractivity contribution is 0.102. The maximum atomic E-state index is 12.9. The SMILES string of the molecule is O=C(Nc1ccccc1-c1cn2c(n1)SCC2)c1cc(-c2ccc3c(c2)OCO3)n[nH]1. The van der Waals surface area contributed by atoms with E-state index in [2.05, 4.69) is 20.1 Å². The molecule has 154 valence electrons. The lowest BCUT2D eigenvalue weighted by Gasteiger charge is -2.08. The third kappa shape index (κ3) is 3.23. The van der Waals surface area contributed by atoms with Gasteiger partial charge in [-0.05, 0) is 30.3 Å². The van der Waals surface area contributed by atoms with Crippen molar-refractivity contribution in [3.05, 3.63) is 60.4 Å². The number of anilines is 1. The van der Waals surface area contributed by atoms with Gasteiger partial charge >= 0.3 is 0 Å². The average Bonchev–Trinajstić information content (AvgIpc) is 3.57. The molecule has 4 heterocycles. The minimum absolute atomic E-state index is 0.213. The van der Waals surface area contributed by atoms with Crippen molar-refractivity contribution in [1.29, 1.82) is 0 Å². The molecule has 8 nitrogen and oxygen atoms in total. The molecule has 6 rings (SSSR count). The highest BCUT2D eigenvalue weighted by Crippen LogP contribution is 2.36. The predicted molar refractivity (Wildman–Crippen MR) is 116 cm³/mol. The fraction of sp³-hybridized carbons (Fsp3) is 0.136. The topological polar surface area (TPSA) is 94.1 Å². The number of aromatic nitrogens is 4. The van der Waals surface area contributed by atoms with Gasteiger partial charge in [-0.25, -0.2) is 4.98 Å². The number of aryl methyl sites for hydroxylation is 1. The highest BCUT2D eigenvalue weighted by molar-refractivity contribution is 7.99. The first-order valence-electron chi connectivity index (χ1n) is 9.81. The third-order valence-corrected chi connectivity index (χ3v) is 6.22. The number of H-pyrrole nitrogens is 1. The molecule has 0 saturated carbocycles. The number of nitrogens with one attached hydrogen (secondary N) is 2. The molecule has 0 unspecified atom stereocenters. The summed E-state index contributed by atoms with van der Waals surface area (Å²) < 4.78 is 12.9. The van der Waals surface area contributed by atoms with E-state index in [1.54, 1.807) is 17.8 Å². The zero-order valence-corrected chi connectivity index (χ0v) is 17.1. The predicted octanol–water partition coefficient (Wildman–Crippen LogP) is 4.03. The first-order chi connectivity index (χ1) is 15.2. The fourth-order valence-corrected chi connectivity index (χ4v) is 4.63. The highest BCUT2D eigenvalue weighted by atomic mass is 32.2. The Balaban J connectivity index is 1.25. The van der Waals surface area contributed by atoms with Crippen molar-refractivity contribution < 1.29 is 14.3 Å². The molecule has 0 bridgehead atoms. The molecule has 0 atom stereocenters. The van der Waals surface area contributed by atoms with Crippen LogP contribution in [0.3, 0.4) is 0 Å². The molecule has 2 aliphatic rings. The second-order valence-corrected chi connectivity index (χ2v) is 8.25. The molecule has 2 aliphatic heterocycles. The van der Waals surface area contributed by atoms with Gasteiger partial charge in [0.15, 0.2) is 16.7 Å². The Kier molecular flexibility index (Phi) is 4.20. The van der Waals surface area contributed by atoms with Crippen LogP contribution in [0.5, 0.6) is 11.5 Å². The maximum Gasteiger partial charge on any atom is 0.273 e. The van der Waals surface area contributed by atoms with Crippen molar-refractivity contribution in [1.82, 2.24) is 19.7 Å². The van der Waals surface area contributed by atoms with Crippen LogP contribution in [0, 0.1) is 0 Å². The van der Waals surface area contributed by atoms with Crippen LogP contribution in [0.1, 0.15) is 10.5 Å². The van der Waals surface area contributed by atoms with E-state index in [1.165, 1.54) is 0 Å². The first-order valence-corrected chi connectivity index (χ1v) is 10.8. The summed E-state index contributed by atoms with van der Waals surface area (Å²) in [7, 11) is 0. The molecular formula is C22H17N5O3S. The summed E-state index contributed by atoms with van der Waals surface area (Å²) in [5.74, 6) is 2.16. The van der Waals surface area contributed by atoms with Crippen molar-refractivity contribution in [2.45, 2.75) is 11.7 Å². The molecule has 2 aromatic carbocycles. The average molecular weight is 431 g/mol. The van der Waals surface area contributed by atoms with Gasteiger partial charge in [-0.1, -0.05) is 30.0 Å². The van der Waals surface area contributed by atoms with E-state index < -0.39 is 0 Å². The van der Waals surface area contributed by atoms with Crippen LogP contribution < -0.4 is 14.8 Å². The lowest BCUT2D eigenvalue weighted by atomic mass is 10.1. The molecule has 0 saturated heterocycles. The molecule has 0 radical (unpaired) electrons. The summed E-state index contributed by atoms with van der Waals surface area (Å²) in [5, 5.41) is 11.1. The number of thioether (sulfide) groups is 1. The quantitative estimate of drug-likeness (QED) is 0.507. The van der Waals surface area contributed by atoms with E-state index in [0.29, 0.717) is 28.6 Å². The van der Waals surface area contributed by atoms with Crippen molar-refractivity contribution in [2.75, 3.05) is 17.9 Å². The van der Waals surface area contributed by atoms with E-state index in [0.717, 1.165) is 34.3 Å². The van der Waals surface area contributed by atoms with Gasteiger partial charge in [-0.2, -0.15) is 5.10 Å². The monoisotopic (exact) mass is 431 g/mol. The van der Waals surface area contributed by atoms with Crippen molar-refractivity contribution in [3.8, 4) is 34.0 Å². The number of amides is 1. The van der Waals surface area contributed by atoms with Gasteiger partial charge in [0.2, 0.25) is 6.79 Å². The van der Waals surface area contributed by atoms with Crippen LogP contribution in [-0.4, -0.2) is 38.2 Å². The maximum absolute atomic E-state index is 12.9. The number of para-hydroxylation sites is 1. The summed E-state index contributed by atoms with van der Waals surface area (Å²) >= 11 is 1.74. The van der Waals surface area contributed by atoms with Gasteiger partial charge in [-0.15, -0.1) is 0 Å². The number of benzene rings is 2. The summed E-state index contributed by atoms with van der Waals surface area (Å²) in [6, 6.07) is 15.0. The number of fused-ring (bicyclic) bond motifs is 2. The molecule has 0 spiro atoms. The number of nitrogens with zero attached hydrogens (tertiary/aromatic N) is 3. The van der Waals surface area contributed by atoms with Gasteiger partial charge in [0, 0.05) is 29.6 Å². The Morgan fingerprint density at radius 1 is 1.10 bits per heavy atom. The second kappa shape index (κ2) is 7.21. The van der Waals surface area contributed by atoms with Gasteiger partial charge in [-0.3, -0.25) is 9.89 Å². The van der Waals surface area contributed by atoms with E-state index in [-0.39, 0.29) is 12.7 Å². The third-order valence-electron chi connectivity index (χ3n) is 5.25. The summed E-state index contributed by atoms with van der Waals surface area (Å²) in [5.41, 5.74) is 4.29. The number of aromatic amines is 1. The summed E-state index contributed by atoms with van der Waals surface area (Å²) in [6.07, 6.45) is 2.04. The number of rotatable bonds is 4. The molecule has 0 aliphatic carbocycles. The van der Waals surface area contributed by atoms with Crippen LogP contribution in [0.25, 0.3) is 22.5 Å². The first kappa shape index (κ1) is 18.1. The zero-order chi connectivity index (χ0) is 20.8. The van der Waals surface area contributed by atoms with E-state index >= 15 is 0 Å². The lowest BCUT2D eigenvalue weighted by Crippen LogP contribution is -2.13. The van der Waals surface area contributed by atoms with Crippen molar-refractivity contribution in [3.63, 3.8) is 0 Å². The standard InChI is InChI=1S/C22H17N5O3S/c28-21(17-10-16(25-26-17)13-5-6-19-20(9-13)30-12-29-19)23-15-4-2-1-3-14(15)18-11-27-7-8-31-22(27)24-18/h1-6,9-11H,7-8,12H2,(H,23,28)(H,25,26). The van der Waals surface area contributed by atoms with Gasteiger partial charge < -0.3 is 19.4 Å². The van der Waals surface area contributed by atoms with Gasteiger partial charge in [0.1, 0.15) is 5.69 Å². The number of hydrogen-bond acceptors (Lipinski definition) is 6. The Morgan fingerprint density at radius 2 is 2.00 bits per heavy atom. The van der Waals surface area contributed by atoms with Gasteiger partial charge in [0.05, 0.1) is 17.1 Å². The Morgan fingerprint density at radius 3 is 2.94 bits per heavy atom. The molecule has 2 N–H and O–H groups in total. The Hall–Kier alpha value is -3.72. The molecule has 0 fully saturated rings. The largest absolute Gasteiger partial charge is 0.454 e. The van der Waals surface area contributed by atoms with Crippen molar-refractivity contribution in [2.24, 2.45) is 0 Å². The van der Waals surface area contributed by atoms with Crippen molar-refractivity contribution >= 4 is 23.4 Å². The van der Waals surface area contributed by atoms with E-state index in [9.17, 15) is 4.79 Å². The highest BCUT2D eigenvalue weighted by Gasteiger charge is 2.19. The zero-order valence-electron chi connectivity index (χ0n) is 16.3. The molecular weight excluding hydrogens is 414 g/mol. The van der Waals surface area contributed by atoms with Crippen LogP contribution in [0.4, 0.5) is 5.69 Å².